The van der Waals surface area contributed by atoms with Gasteiger partial charge < -0.3 is 9.72 Å². The number of halogens is 1. The van der Waals surface area contributed by atoms with Gasteiger partial charge in [-0.25, -0.2) is 4.98 Å². The van der Waals surface area contributed by atoms with Crippen molar-refractivity contribution in [2.24, 2.45) is 0 Å². The number of aromatic amines is 1. The summed E-state index contributed by atoms with van der Waals surface area (Å²) < 4.78 is 19.0. The monoisotopic (exact) mass is 379 g/mol. The average molecular weight is 379 g/mol. The van der Waals surface area contributed by atoms with E-state index in [1.54, 1.807) is 7.11 Å². The second kappa shape index (κ2) is 7.56. The third kappa shape index (κ3) is 3.55. The molecule has 5 nitrogen and oxygen atoms in total. The molecular weight excluding hydrogens is 357 g/mol. The van der Waals surface area contributed by atoms with Crippen molar-refractivity contribution in [2.45, 2.75) is 26.4 Å². The Morgan fingerprint density at radius 2 is 2.04 bits per heavy atom. The van der Waals surface area contributed by atoms with E-state index in [2.05, 4.69) is 27.0 Å². The maximum Gasteiger partial charge on any atom is 0.287 e. The SMILES string of the molecule is COc1ccc2c(c1)CCN(Cc1ccccc1-c1nc(C)c(F)c(=O)[nH]1)C2. The number of benzene rings is 2. The molecule has 0 amide bonds. The minimum atomic E-state index is -0.829. The summed E-state index contributed by atoms with van der Waals surface area (Å²) in [7, 11) is 1.68. The lowest BCUT2D eigenvalue weighted by Gasteiger charge is -2.29. The van der Waals surface area contributed by atoms with E-state index >= 15 is 0 Å². The van der Waals surface area contributed by atoms with Crippen LogP contribution in [0.15, 0.2) is 47.3 Å². The highest BCUT2D eigenvalue weighted by atomic mass is 19.1. The van der Waals surface area contributed by atoms with E-state index in [0.29, 0.717) is 5.82 Å². The lowest BCUT2D eigenvalue weighted by atomic mass is 9.98. The summed E-state index contributed by atoms with van der Waals surface area (Å²) in [5, 5.41) is 0. The Labute approximate surface area is 162 Å². The van der Waals surface area contributed by atoms with Gasteiger partial charge in [0.05, 0.1) is 12.8 Å². The third-order valence-corrected chi connectivity index (χ3v) is 5.20. The molecule has 28 heavy (non-hydrogen) atoms. The molecule has 0 spiro atoms. The van der Waals surface area contributed by atoms with Crippen LogP contribution >= 0.6 is 0 Å². The largest absolute Gasteiger partial charge is 0.497 e. The average Bonchev–Trinajstić information content (AvgIpc) is 2.71. The Morgan fingerprint density at radius 1 is 1.21 bits per heavy atom. The van der Waals surface area contributed by atoms with Crippen LogP contribution in [0.4, 0.5) is 4.39 Å². The van der Waals surface area contributed by atoms with Gasteiger partial charge in [-0.1, -0.05) is 30.3 Å². The van der Waals surface area contributed by atoms with Crippen LogP contribution in [-0.2, 0) is 19.5 Å². The number of hydrogen-bond acceptors (Lipinski definition) is 4. The summed E-state index contributed by atoms with van der Waals surface area (Å²) in [6.45, 7) is 4.01. The van der Waals surface area contributed by atoms with Crippen molar-refractivity contribution < 1.29 is 9.13 Å². The molecule has 0 unspecified atom stereocenters. The van der Waals surface area contributed by atoms with Crippen LogP contribution < -0.4 is 10.3 Å². The second-order valence-corrected chi connectivity index (χ2v) is 7.07. The lowest BCUT2D eigenvalue weighted by Crippen LogP contribution is -2.30. The molecule has 0 bridgehead atoms. The highest BCUT2D eigenvalue weighted by Crippen LogP contribution is 2.27. The van der Waals surface area contributed by atoms with E-state index in [1.807, 2.05) is 30.3 Å². The van der Waals surface area contributed by atoms with Crippen LogP contribution in [0.2, 0.25) is 0 Å². The van der Waals surface area contributed by atoms with E-state index < -0.39 is 11.4 Å². The summed E-state index contributed by atoms with van der Waals surface area (Å²) in [6, 6.07) is 14.0. The minimum absolute atomic E-state index is 0.106. The van der Waals surface area contributed by atoms with Crippen LogP contribution in [-0.4, -0.2) is 28.5 Å². The fourth-order valence-electron chi connectivity index (χ4n) is 3.68. The molecule has 1 aromatic heterocycles. The molecule has 1 N–H and O–H groups in total. The highest BCUT2D eigenvalue weighted by Gasteiger charge is 2.19. The number of aromatic nitrogens is 2. The molecule has 3 aromatic rings. The summed E-state index contributed by atoms with van der Waals surface area (Å²) in [6.07, 6.45) is 0.958. The zero-order valence-electron chi connectivity index (χ0n) is 16.0. The van der Waals surface area contributed by atoms with Crippen molar-refractivity contribution >= 4 is 0 Å². The molecule has 6 heteroatoms. The first-order chi connectivity index (χ1) is 13.5. The fourth-order valence-corrected chi connectivity index (χ4v) is 3.68. The number of aryl methyl sites for hydroxylation is 1. The Bertz CT molecular complexity index is 1080. The summed E-state index contributed by atoms with van der Waals surface area (Å²) in [5.74, 6) is 0.463. The van der Waals surface area contributed by atoms with E-state index in [9.17, 15) is 9.18 Å². The number of ether oxygens (including phenoxy) is 1. The molecule has 4 rings (SSSR count). The van der Waals surface area contributed by atoms with Gasteiger partial charge in [0.1, 0.15) is 11.6 Å². The van der Waals surface area contributed by atoms with Crippen molar-refractivity contribution in [3.05, 3.63) is 81.0 Å². The second-order valence-electron chi connectivity index (χ2n) is 7.07. The minimum Gasteiger partial charge on any atom is -0.497 e. The Balaban J connectivity index is 1.61. The van der Waals surface area contributed by atoms with Gasteiger partial charge in [-0.3, -0.25) is 9.69 Å². The molecular formula is C22H22FN3O2. The molecule has 0 saturated heterocycles. The van der Waals surface area contributed by atoms with Crippen molar-refractivity contribution in [1.29, 1.82) is 0 Å². The molecule has 0 saturated carbocycles. The van der Waals surface area contributed by atoms with Crippen LogP contribution in [0.25, 0.3) is 11.4 Å². The van der Waals surface area contributed by atoms with E-state index in [1.165, 1.54) is 18.1 Å². The van der Waals surface area contributed by atoms with Gasteiger partial charge in [0, 0.05) is 25.2 Å². The molecule has 2 heterocycles. The van der Waals surface area contributed by atoms with Crippen LogP contribution in [0.1, 0.15) is 22.4 Å². The number of fused-ring (bicyclic) bond motifs is 1. The third-order valence-electron chi connectivity index (χ3n) is 5.20. The summed E-state index contributed by atoms with van der Waals surface area (Å²) >= 11 is 0. The summed E-state index contributed by atoms with van der Waals surface area (Å²) in [4.78, 5) is 21.0. The maximum absolute atomic E-state index is 13.7. The molecule has 1 aliphatic rings. The topological polar surface area (TPSA) is 58.2 Å². The Morgan fingerprint density at radius 3 is 2.82 bits per heavy atom. The highest BCUT2D eigenvalue weighted by molar-refractivity contribution is 5.60. The smallest absolute Gasteiger partial charge is 0.287 e. The normalized spacial score (nSPS) is 14.0. The predicted octanol–water partition coefficient (Wildman–Crippen LogP) is 3.45. The van der Waals surface area contributed by atoms with Gasteiger partial charge in [-0.2, -0.15) is 4.39 Å². The maximum atomic E-state index is 13.7. The number of H-pyrrole nitrogens is 1. The van der Waals surface area contributed by atoms with Gasteiger partial charge in [-0.15, -0.1) is 0 Å². The Hall–Kier alpha value is -2.99. The predicted molar refractivity (Wildman–Crippen MR) is 106 cm³/mol. The standard InChI is InChI=1S/C22H22FN3O2/c1-14-20(23)22(27)25-21(24-14)19-6-4-3-5-17(19)13-26-10-9-15-11-18(28-2)8-7-16(15)12-26/h3-8,11H,9-10,12-13H2,1-2H3,(H,24,25,27). The van der Waals surface area contributed by atoms with Crippen molar-refractivity contribution in [3.63, 3.8) is 0 Å². The van der Waals surface area contributed by atoms with Gasteiger partial charge >= 0.3 is 0 Å². The lowest BCUT2D eigenvalue weighted by molar-refractivity contribution is 0.245. The number of methoxy groups -OCH3 is 1. The van der Waals surface area contributed by atoms with Crippen molar-refractivity contribution in [3.8, 4) is 17.1 Å². The number of rotatable bonds is 4. The van der Waals surface area contributed by atoms with E-state index in [-0.39, 0.29) is 5.69 Å². The van der Waals surface area contributed by atoms with Gasteiger partial charge in [0.25, 0.3) is 5.56 Å². The number of hydrogen-bond donors (Lipinski definition) is 1. The molecule has 144 valence electrons. The first-order valence-electron chi connectivity index (χ1n) is 9.28. The van der Waals surface area contributed by atoms with Crippen LogP contribution in [0.3, 0.4) is 0 Å². The van der Waals surface area contributed by atoms with Crippen LogP contribution in [0.5, 0.6) is 5.75 Å². The van der Waals surface area contributed by atoms with Crippen molar-refractivity contribution in [2.75, 3.05) is 13.7 Å². The zero-order valence-corrected chi connectivity index (χ0v) is 16.0. The first-order valence-corrected chi connectivity index (χ1v) is 9.28. The number of nitrogens with one attached hydrogen (secondary N) is 1. The molecule has 0 radical (unpaired) electrons. The molecule has 0 atom stereocenters. The Kier molecular flexibility index (Phi) is 4.96. The van der Waals surface area contributed by atoms with E-state index in [0.717, 1.165) is 42.9 Å². The fraction of sp³-hybridized carbons (Fsp3) is 0.273. The molecule has 0 aliphatic carbocycles. The van der Waals surface area contributed by atoms with Gasteiger partial charge in [0.2, 0.25) is 5.82 Å². The van der Waals surface area contributed by atoms with E-state index in [4.69, 9.17) is 4.74 Å². The zero-order chi connectivity index (χ0) is 19.7. The van der Waals surface area contributed by atoms with Gasteiger partial charge in [0.15, 0.2) is 0 Å². The number of nitrogens with zero attached hydrogens (tertiary/aromatic N) is 2. The van der Waals surface area contributed by atoms with Crippen molar-refractivity contribution in [1.82, 2.24) is 14.9 Å². The molecule has 1 aliphatic heterocycles. The van der Waals surface area contributed by atoms with Crippen LogP contribution in [0, 0.1) is 12.7 Å². The first kappa shape index (κ1) is 18.4. The quantitative estimate of drug-likeness (QED) is 0.754. The summed E-state index contributed by atoms with van der Waals surface area (Å²) in [5.41, 5.74) is 3.86. The van der Waals surface area contributed by atoms with Gasteiger partial charge in [-0.05, 0) is 42.2 Å². The molecule has 0 fully saturated rings. The molecule has 2 aromatic carbocycles.